The van der Waals surface area contributed by atoms with Crippen LogP contribution in [0.15, 0.2) is 36.5 Å². The quantitative estimate of drug-likeness (QED) is 0.749. The molecular weight excluding hydrogens is 228 g/mol. The molecule has 1 aliphatic heterocycles. The molecule has 94 valence electrons. The summed E-state index contributed by atoms with van der Waals surface area (Å²) in [6, 6.07) is 9.26. The van der Waals surface area contributed by atoms with Gasteiger partial charge in [-0.05, 0) is 25.5 Å². The number of amides is 3. The maximum absolute atomic E-state index is 12.1. The van der Waals surface area contributed by atoms with Crippen LogP contribution < -0.4 is 0 Å². The summed E-state index contributed by atoms with van der Waals surface area (Å²) in [4.78, 5) is 26.6. The van der Waals surface area contributed by atoms with Gasteiger partial charge < -0.3 is 4.90 Å². The molecule has 0 aromatic heterocycles. The Balaban J connectivity index is 2.23. The highest BCUT2D eigenvalue weighted by molar-refractivity contribution is 6.07. The van der Waals surface area contributed by atoms with Crippen LogP contribution in [-0.4, -0.2) is 34.3 Å². The van der Waals surface area contributed by atoms with E-state index < -0.39 is 5.54 Å². The van der Waals surface area contributed by atoms with E-state index in [1.165, 1.54) is 11.1 Å². The average Bonchev–Trinajstić information content (AvgIpc) is 2.51. The van der Waals surface area contributed by atoms with Gasteiger partial charge in [-0.1, -0.05) is 30.3 Å². The Morgan fingerprint density at radius 2 is 1.72 bits per heavy atom. The van der Waals surface area contributed by atoms with Gasteiger partial charge in [-0.25, -0.2) is 9.69 Å². The molecule has 1 heterocycles. The van der Waals surface area contributed by atoms with Crippen molar-refractivity contribution in [2.75, 3.05) is 7.05 Å². The van der Waals surface area contributed by atoms with Gasteiger partial charge >= 0.3 is 6.03 Å². The SMILES string of the molecule is CN1C(=O)N(/C=C\c2ccccc2)C(=O)C1(C)C. The molecule has 1 aliphatic rings. The number of hydrogen-bond acceptors (Lipinski definition) is 2. The van der Waals surface area contributed by atoms with Gasteiger partial charge in [-0.2, -0.15) is 0 Å². The molecule has 0 saturated carbocycles. The van der Waals surface area contributed by atoms with Gasteiger partial charge in [0.25, 0.3) is 5.91 Å². The van der Waals surface area contributed by atoms with Gasteiger partial charge in [0.05, 0.1) is 0 Å². The van der Waals surface area contributed by atoms with Gasteiger partial charge in [0.15, 0.2) is 0 Å². The summed E-state index contributed by atoms with van der Waals surface area (Å²) in [5.74, 6) is -0.206. The van der Waals surface area contributed by atoms with E-state index in [1.54, 1.807) is 27.0 Å². The fraction of sp³-hybridized carbons (Fsp3) is 0.286. The zero-order chi connectivity index (χ0) is 13.3. The van der Waals surface area contributed by atoms with Crippen molar-refractivity contribution in [2.24, 2.45) is 0 Å². The number of rotatable bonds is 2. The van der Waals surface area contributed by atoms with Crippen molar-refractivity contribution in [3.8, 4) is 0 Å². The smallest absolute Gasteiger partial charge is 0.313 e. The van der Waals surface area contributed by atoms with Crippen LogP contribution in [0.5, 0.6) is 0 Å². The van der Waals surface area contributed by atoms with Crippen LogP contribution in [0.2, 0.25) is 0 Å². The second-order valence-electron chi connectivity index (χ2n) is 4.80. The Hall–Kier alpha value is -2.10. The summed E-state index contributed by atoms with van der Waals surface area (Å²) in [5.41, 5.74) is 0.170. The van der Waals surface area contributed by atoms with E-state index in [4.69, 9.17) is 0 Å². The van der Waals surface area contributed by atoms with Crippen LogP contribution in [0.3, 0.4) is 0 Å². The van der Waals surface area contributed by atoms with Crippen LogP contribution in [0.4, 0.5) is 4.79 Å². The standard InChI is InChI=1S/C14H16N2O2/c1-14(2)12(17)16(13(18)15(14)3)10-9-11-7-5-4-6-8-11/h4-10H,1-3H3/b10-9-. The van der Waals surface area contributed by atoms with Gasteiger partial charge in [0.2, 0.25) is 0 Å². The summed E-state index contributed by atoms with van der Waals surface area (Å²) in [6.07, 6.45) is 3.29. The van der Waals surface area contributed by atoms with E-state index in [0.29, 0.717) is 0 Å². The third-order valence-corrected chi connectivity index (χ3v) is 3.29. The number of benzene rings is 1. The zero-order valence-electron chi connectivity index (χ0n) is 10.8. The Morgan fingerprint density at radius 1 is 1.11 bits per heavy atom. The van der Waals surface area contributed by atoms with E-state index >= 15 is 0 Å². The van der Waals surface area contributed by atoms with Crippen LogP contribution in [-0.2, 0) is 4.79 Å². The second kappa shape index (κ2) is 4.29. The number of imide groups is 1. The number of carbonyl (C=O) groups is 2. The van der Waals surface area contributed by atoms with Crippen LogP contribution >= 0.6 is 0 Å². The first-order valence-electron chi connectivity index (χ1n) is 5.79. The monoisotopic (exact) mass is 244 g/mol. The van der Waals surface area contributed by atoms with E-state index in [9.17, 15) is 9.59 Å². The topological polar surface area (TPSA) is 40.6 Å². The first kappa shape index (κ1) is 12.4. The molecule has 0 radical (unpaired) electrons. The highest BCUT2D eigenvalue weighted by atomic mass is 16.2. The Morgan fingerprint density at radius 3 is 2.22 bits per heavy atom. The molecule has 1 aromatic rings. The molecule has 0 unspecified atom stereocenters. The third-order valence-electron chi connectivity index (χ3n) is 3.29. The molecule has 0 spiro atoms. The second-order valence-corrected chi connectivity index (χ2v) is 4.80. The van der Waals surface area contributed by atoms with Crippen molar-refractivity contribution in [3.05, 3.63) is 42.1 Å². The molecule has 0 aliphatic carbocycles. The van der Waals surface area contributed by atoms with E-state index in [0.717, 1.165) is 10.5 Å². The molecule has 0 bridgehead atoms. The summed E-state index contributed by atoms with van der Waals surface area (Å²) in [6.45, 7) is 3.48. The number of carbonyl (C=O) groups excluding carboxylic acids is 2. The van der Waals surface area contributed by atoms with E-state index in [-0.39, 0.29) is 11.9 Å². The first-order valence-corrected chi connectivity index (χ1v) is 5.79. The summed E-state index contributed by atoms with van der Waals surface area (Å²) < 4.78 is 0. The van der Waals surface area contributed by atoms with Gasteiger partial charge in [-0.15, -0.1) is 0 Å². The Bertz CT molecular complexity index is 506. The largest absolute Gasteiger partial charge is 0.331 e. The lowest BCUT2D eigenvalue weighted by Gasteiger charge is -2.22. The van der Waals surface area contributed by atoms with Crippen molar-refractivity contribution in [3.63, 3.8) is 0 Å². The Kier molecular flexibility index (Phi) is 2.95. The normalized spacial score (nSPS) is 19.1. The van der Waals surface area contributed by atoms with Crippen LogP contribution in [0.25, 0.3) is 6.08 Å². The molecule has 0 N–H and O–H groups in total. The highest BCUT2D eigenvalue weighted by Crippen LogP contribution is 2.26. The molecule has 3 amide bonds. The van der Waals surface area contributed by atoms with Crippen LogP contribution in [0, 0.1) is 0 Å². The predicted molar refractivity (Wildman–Crippen MR) is 69.6 cm³/mol. The van der Waals surface area contributed by atoms with Crippen molar-refractivity contribution < 1.29 is 9.59 Å². The summed E-state index contributed by atoms with van der Waals surface area (Å²) >= 11 is 0. The molecule has 1 aromatic carbocycles. The minimum Gasteiger partial charge on any atom is -0.313 e. The minimum absolute atomic E-state index is 0.206. The molecule has 18 heavy (non-hydrogen) atoms. The number of urea groups is 1. The fourth-order valence-electron chi connectivity index (χ4n) is 1.78. The molecule has 1 saturated heterocycles. The van der Waals surface area contributed by atoms with Gasteiger partial charge in [0.1, 0.15) is 5.54 Å². The number of hydrogen-bond donors (Lipinski definition) is 0. The number of nitrogens with zero attached hydrogens (tertiary/aromatic N) is 2. The van der Waals surface area contributed by atoms with Crippen molar-refractivity contribution in [2.45, 2.75) is 19.4 Å². The lowest BCUT2D eigenvalue weighted by Crippen LogP contribution is -2.41. The lowest BCUT2D eigenvalue weighted by atomic mass is 10.1. The first-order chi connectivity index (χ1) is 8.44. The molecule has 0 atom stereocenters. The third kappa shape index (κ3) is 1.90. The summed E-state index contributed by atoms with van der Waals surface area (Å²) in [7, 11) is 1.64. The van der Waals surface area contributed by atoms with E-state index in [1.807, 2.05) is 30.3 Å². The maximum Gasteiger partial charge on any atom is 0.331 e. The van der Waals surface area contributed by atoms with Crippen molar-refractivity contribution >= 4 is 18.0 Å². The molecular formula is C14H16N2O2. The Labute approximate surface area is 106 Å². The average molecular weight is 244 g/mol. The van der Waals surface area contributed by atoms with Crippen molar-refractivity contribution in [1.29, 1.82) is 0 Å². The summed E-state index contributed by atoms with van der Waals surface area (Å²) in [5, 5.41) is 0. The minimum atomic E-state index is -0.780. The van der Waals surface area contributed by atoms with Gasteiger partial charge in [-0.3, -0.25) is 4.79 Å². The zero-order valence-corrected chi connectivity index (χ0v) is 10.8. The van der Waals surface area contributed by atoms with E-state index in [2.05, 4.69) is 0 Å². The van der Waals surface area contributed by atoms with Crippen LogP contribution in [0.1, 0.15) is 19.4 Å². The van der Waals surface area contributed by atoms with Gasteiger partial charge in [0, 0.05) is 13.2 Å². The molecule has 1 fully saturated rings. The molecule has 4 heteroatoms. The maximum atomic E-state index is 12.1. The van der Waals surface area contributed by atoms with Crippen molar-refractivity contribution in [1.82, 2.24) is 9.80 Å². The number of likely N-dealkylation sites (N-methyl/N-ethyl adjacent to an activating group) is 1. The fourth-order valence-corrected chi connectivity index (χ4v) is 1.78. The highest BCUT2D eigenvalue weighted by Gasteiger charge is 2.48. The molecule has 2 rings (SSSR count). The lowest BCUT2D eigenvalue weighted by molar-refractivity contribution is -0.129. The predicted octanol–water partition coefficient (Wildman–Crippen LogP) is 2.33. The molecule has 4 nitrogen and oxygen atoms in total.